The number of aromatic nitrogens is 3. The second kappa shape index (κ2) is 3.47. The van der Waals surface area contributed by atoms with Gasteiger partial charge < -0.3 is 9.55 Å². The normalized spacial score (nSPS) is 11.3. The van der Waals surface area contributed by atoms with Crippen molar-refractivity contribution in [1.29, 1.82) is 0 Å². The fraction of sp³-hybridized carbons (Fsp3) is 0. The standard InChI is InChI=1S/C15H10N3/c1-2-6-13-11(4-1)7-9-18(13)14-10-17-15-12(14)5-3-8-16-15/h2-10H,(H,16,17). The number of rotatable bonds is 1. The van der Waals surface area contributed by atoms with Crippen molar-refractivity contribution in [1.82, 2.24) is 14.5 Å². The van der Waals surface area contributed by atoms with Crippen LogP contribution in [0.1, 0.15) is 0 Å². The molecule has 0 saturated heterocycles. The second-order valence-corrected chi connectivity index (χ2v) is 4.24. The smallest absolute Gasteiger partial charge is 0.139 e. The van der Waals surface area contributed by atoms with Gasteiger partial charge >= 0.3 is 0 Å². The summed E-state index contributed by atoms with van der Waals surface area (Å²) in [7, 11) is 0. The van der Waals surface area contributed by atoms with Crippen LogP contribution in [0.25, 0.3) is 27.6 Å². The van der Waals surface area contributed by atoms with Crippen molar-refractivity contribution in [3.05, 3.63) is 61.1 Å². The average molecular weight is 232 g/mol. The number of fused-ring (bicyclic) bond motifs is 2. The molecule has 3 heteroatoms. The van der Waals surface area contributed by atoms with Gasteiger partial charge in [0.15, 0.2) is 0 Å². The van der Waals surface area contributed by atoms with E-state index in [0.717, 1.165) is 16.7 Å². The zero-order valence-corrected chi connectivity index (χ0v) is 9.59. The molecule has 1 aromatic carbocycles. The summed E-state index contributed by atoms with van der Waals surface area (Å²) >= 11 is 0. The highest BCUT2D eigenvalue weighted by molar-refractivity contribution is 5.89. The maximum absolute atomic E-state index is 4.32. The minimum absolute atomic E-state index is 0.914. The Bertz CT molecular complexity index is 767. The molecule has 0 fully saturated rings. The molecule has 1 N–H and O–H groups in total. The zero-order chi connectivity index (χ0) is 11.9. The first-order chi connectivity index (χ1) is 8.93. The van der Waals surface area contributed by atoms with Gasteiger partial charge in [0.05, 0.1) is 11.2 Å². The molecule has 0 aliphatic rings. The number of pyridine rings is 1. The van der Waals surface area contributed by atoms with E-state index in [0.29, 0.717) is 0 Å². The maximum Gasteiger partial charge on any atom is 0.139 e. The molecule has 0 unspecified atom stereocenters. The first-order valence-corrected chi connectivity index (χ1v) is 5.83. The van der Waals surface area contributed by atoms with Crippen LogP contribution in [0.3, 0.4) is 0 Å². The Labute approximate surface area is 104 Å². The minimum Gasteiger partial charge on any atom is -0.344 e. The fourth-order valence-corrected chi connectivity index (χ4v) is 2.37. The van der Waals surface area contributed by atoms with Gasteiger partial charge in [0.1, 0.15) is 5.65 Å². The molecule has 0 saturated carbocycles. The molecule has 4 aromatic rings. The van der Waals surface area contributed by atoms with Crippen LogP contribution in [0.2, 0.25) is 0 Å². The van der Waals surface area contributed by atoms with E-state index in [1.54, 1.807) is 6.20 Å². The Morgan fingerprint density at radius 3 is 3.22 bits per heavy atom. The summed E-state index contributed by atoms with van der Waals surface area (Å²) in [5.74, 6) is 0. The molecule has 1 radical (unpaired) electrons. The van der Waals surface area contributed by atoms with Gasteiger partial charge in [-0.05, 0) is 36.4 Å². The van der Waals surface area contributed by atoms with Crippen molar-refractivity contribution < 1.29 is 0 Å². The summed E-state index contributed by atoms with van der Waals surface area (Å²) < 4.78 is 2.17. The maximum atomic E-state index is 4.32. The summed E-state index contributed by atoms with van der Waals surface area (Å²) in [6, 6.07) is 15.2. The van der Waals surface area contributed by atoms with E-state index in [1.807, 2.05) is 24.4 Å². The quantitative estimate of drug-likeness (QED) is 0.536. The summed E-state index contributed by atoms with van der Waals surface area (Å²) in [5.41, 5.74) is 3.22. The number of nitrogens with zero attached hydrogens (tertiary/aromatic N) is 2. The Kier molecular flexibility index (Phi) is 1.83. The Morgan fingerprint density at radius 1 is 1.22 bits per heavy atom. The van der Waals surface area contributed by atoms with Crippen LogP contribution in [-0.4, -0.2) is 14.5 Å². The van der Waals surface area contributed by atoms with Crippen LogP contribution in [0.15, 0.2) is 55.0 Å². The van der Waals surface area contributed by atoms with E-state index in [9.17, 15) is 0 Å². The predicted octanol–water partition coefficient (Wildman–Crippen LogP) is 3.31. The van der Waals surface area contributed by atoms with Gasteiger partial charge in [-0.15, -0.1) is 0 Å². The number of nitrogens with one attached hydrogen (secondary N) is 1. The lowest BCUT2D eigenvalue weighted by Gasteiger charge is -2.02. The third kappa shape index (κ3) is 1.21. The number of hydrogen-bond donors (Lipinski definition) is 1. The monoisotopic (exact) mass is 232 g/mol. The van der Waals surface area contributed by atoms with Crippen LogP contribution >= 0.6 is 0 Å². The molecular weight excluding hydrogens is 222 g/mol. The van der Waals surface area contributed by atoms with Gasteiger partial charge in [0, 0.05) is 29.4 Å². The predicted molar refractivity (Wildman–Crippen MR) is 71.8 cm³/mol. The van der Waals surface area contributed by atoms with Gasteiger partial charge in [-0.3, -0.25) is 0 Å². The fourth-order valence-electron chi connectivity index (χ4n) is 2.37. The molecule has 3 aromatic heterocycles. The summed E-state index contributed by atoms with van der Waals surface area (Å²) in [5, 5.41) is 2.32. The van der Waals surface area contributed by atoms with E-state index in [1.165, 1.54) is 10.9 Å². The number of H-pyrrole nitrogens is 1. The molecule has 0 atom stereocenters. The van der Waals surface area contributed by atoms with Crippen molar-refractivity contribution in [2.45, 2.75) is 0 Å². The highest BCUT2D eigenvalue weighted by Gasteiger charge is 2.08. The third-order valence-electron chi connectivity index (χ3n) is 3.22. The van der Waals surface area contributed by atoms with Gasteiger partial charge in [0.25, 0.3) is 0 Å². The molecule has 0 aliphatic carbocycles. The third-order valence-corrected chi connectivity index (χ3v) is 3.22. The largest absolute Gasteiger partial charge is 0.344 e. The van der Waals surface area contributed by atoms with Gasteiger partial charge in [-0.2, -0.15) is 0 Å². The second-order valence-electron chi connectivity index (χ2n) is 4.24. The van der Waals surface area contributed by atoms with Crippen LogP contribution in [-0.2, 0) is 0 Å². The van der Waals surface area contributed by atoms with Crippen molar-refractivity contribution >= 4 is 21.9 Å². The van der Waals surface area contributed by atoms with E-state index < -0.39 is 0 Å². The summed E-state index contributed by atoms with van der Waals surface area (Å²) in [6.07, 6.45) is 5.87. The van der Waals surface area contributed by atoms with Crippen LogP contribution in [0.4, 0.5) is 0 Å². The molecule has 0 bridgehead atoms. The molecule has 18 heavy (non-hydrogen) atoms. The number of aromatic amines is 1. The van der Waals surface area contributed by atoms with Crippen LogP contribution in [0, 0.1) is 6.07 Å². The zero-order valence-electron chi connectivity index (χ0n) is 9.59. The van der Waals surface area contributed by atoms with Crippen molar-refractivity contribution in [2.75, 3.05) is 0 Å². The molecule has 3 heterocycles. The molecule has 3 nitrogen and oxygen atoms in total. The summed E-state index contributed by atoms with van der Waals surface area (Å²) in [6.45, 7) is 0. The van der Waals surface area contributed by atoms with Crippen molar-refractivity contribution in [3.8, 4) is 5.69 Å². The molecular formula is C15H10N3. The minimum atomic E-state index is 0.914. The SMILES string of the molecule is [c]1ccc2c(c1)ccn2-c1c[nH]c2ncccc12. The number of hydrogen-bond acceptors (Lipinski definition) is 1. The van der Waals surface area contributed by atoms with E-state index >= 15 is 0 Å². The highest BCUT2D eigenvalue weighted by Crippen LogP contribution is 2.25. The highest BCUT2D eigenvalue weighted by atomic mass is 15.0. The Balaban J connectivity index is 2.08. The van der Waals surface area contributed by atoms with Crippen molar-refractivity contribution in [2.24, 2.45) is 0 Å². The first kappa shape index (κ1) is 9.48. The molecule has 0 amide bonds. The number of benzene rings is 1. The van der Waals surface area contributed by atoms with Crippen molar-refractivity contribution in [3.63, 3.8) is 0 Å². The van der Waals surface area contributed by atoms with Gasteiger partial charge in [-0.25, -0.2) is 4.98 Å². The van der Waals surface area contributed by atoms with E-state index in [2.05, 4.69) is 45.0 Å². The van der Waals surface area contributed by atoms with E-state index in [4.69, 9.17) is 0 Å². The molecule has 85 valence electrons. The molecule has 4 rings (SSSR count). The molecule has 0 spiro atoms. The van der Waals surface area contributed by atoms with Gasteiger partial charge in [0.2, 0.25) is 0 Å². The lowest BCUT2D eigenvalue weighted by molar-refractivity contribution is 1.14. The Morgan fingerprint density at radius 2 is 2.22 bits per heavy atom. The summed E-state index contributed by atoms with van der Waals surface area (Å²) in [4.78, 5) is 7.52. The van der Waals surface area contributed by atoms with E-state index in [-0.39, 0.29) is 0 Å². The van der Waals surface area contributed by atoms with Crippen LogP contribution < -0.4 is 0 Å². The average Bonchev–Trinajstić information content (AvgIpc) is 3.01. The molecule has 0 aliphatic heterocycles. The van der Waals surface area contributed by atoms with Crippen LogP contribution in [0.5, 0.6) is 0 Å². The topological polar surface area (TPSA) is 33.6 Å². The Hall–Kier alpha value is -2.55. The first-order valence-electron chi connectivity index (χ1n) is 5.83. The lowest BCUT2D eigenvalue weighted by Crippen LogP contribution is -1.89. The van der Waals surface area contributed by atoms with Gasteiger partial charge in [-0.1, -0.05) is 6.07 Å². The lowest BCUT2D eigenvalue weighted by atomic mass is 10.2.